The van der Waals surface area contributed by atoms with Crippen LogP contribution in [0.3, 0.4) is 0 Å². The molecule has 0 heterocycles. The van der Waals surface area contributed by atoms with E-state index in [0.29, 0.717) is 12.5 Å². The van der Waals surface area contributed by atoms with E-state index in [0.717, 1.165) is 11.8 Å². The molecule has 14 heavy (non-hydrogen) atoms. The van der Waals surface area contributed by atoms with Gasteiger partial charge in [-0.3, -0.25) is 0 Å². The fraction of sp³-hybridized carbons (Fsp3) is 0.900. The first kappa shape index (κ1) is 13.8. The van der Waals surface area contributed by atoms with E-state index in [1.165, 1.54) is 0 Å². The van der Waals surface area contributed by atoms with Crippen LogP contribution < -0.4 is 5.32 Å². The third-order valence-corrected chi connectivity index (χ3v) is 2.67. The zero-order valence-electron chi connectivity index (χ0n) is 9.39. The molecule has 0 spiro atoms. The lowest BCUT2D eigenvalue weighted by Crippen LogP contribution is -2.33. The Bertz CT molecular complexity index is 177. The molecular weight excluding hydrogens is 246 g/mol. The van der Waals surface area contributed by atoms with Gasteiger partial charge in [0.1, 0.15) is 5.60 Å². The Morgan fingerprint density at radius 1 is 1.50 bits per heavy atom. The van der Waals surface area contributed by atoms with E-state index in [-0.39, 0.29) is 6.09 Å². The van der Waals surface area contributed by atoms with Crippen molar-refractivity contribution in [1.82, 2.24) is 5.32 Å². The van der Waals surface area contributed by atoms with Gasteiger partial charge in [0.2, 0.25) is 0 Å². The normalized spacial score (nSPS) is 13.5. The molecular formula is C10H20BrNO2. The summed E-state index contributed by atoms with van der Waals surface area (Å²) in [6, 6.07) is 0. The SMILES string of the molecule is CC(CBr)CCNC(=O)OC(C)(C)C. The summed E-state index contributed by atoms with van der Waals surface area (Å²) in [5.41, 5.74) is -0.412. The van der Waals surface area contributed by atoms with Crippen molar-refractivity contribution < 1.29 is 9.53 Å². The molecule has 0 aliphatic heterocycles. The molecule has 0 bridgehead atoms. The molecule has 0 saturated carbocycles. The average molecular weight is 266 g/mol. The maximum Gasteiger partial charge on any atom is 0.407 e. The molecule has 1 amide bonds. The van der Waals surface area contributed by atoms with Crippen LogP contribution >= 0.6 is 15.9 Å². The minimum absolute atomic E-state index is 0.334. The smallest absolute Gasteiger partial charge is 0.407 e. The third kappa shape index (κ3) is 8.35. The van der Waals surface area contributed by atoms with Crippen molar-refractivity contribution in [2.75, 3.05) is 11.9 Å². The highest BCUT2D eigenvalue weighted by molar-refractivity contribution is 9.09. The van der Waals surface area contributed by atoms with Gasteiger partial charge in [0.05, 0.1) is 0 Å². The highest BCUT2D eigenvalue weighted by atomic mass is 79.9. The van der Waals surface area contributed by atoms with Crippen molar-refractivity contribution in [2.24, 2.45) is 5.92 Å². The van der Waals surface area contributed by atoms with Crippen LogP contribution in [0.2, 0.25) is 0 Å². The highest BCUT2D eigenvalue weighted by Crippen LogP contribution is 2.07. The second-order valence-electron chi connectivity index (χ2n) is 4.48. The topological polar surface area (TPSA) is 38.3 Å². The van der Waals surface area contributed by atoms with Crippen molar-refractivity contribution in [2.45, 2.75) is 39.7 Å². The molecule has 1 N–H and O–H groups in total. The van der Waals surface area contributed by atoms with Gasteiger partial charge in [-0.15, -0.1) is 0 Å². The van der Waals surface area contributed by atoms with Crippen LogP contribution in [0.15, 0.2) is 0 Å². The molecule has 1 unspecified atom stereocenters. The molecule has 0 rings (SSSR count). The summed E-state index contributed by atoms with van der Waals surface area (Å²) >= 11 is 3.39. The summed E-state index contributed by atoms with van der Waals surface area (Å²) in [7, 11) is 0. The monoisotopic (exact) mass is 265 g/mol. The lowest BCUT2D eigenvalue weighted by Gasteiger charge is -2.20. The number of hydrogen-bond donors (Lipinski definition) is 1. The van der Waals surface area contributed by atoms with E-state index < -0.39 is 5.60 Å². The molecule has 0 aliphatic carbocycles. The van der Waals surface area contributed by atoms with Gasteiger partial charge in [-0.1, -0.05) is 22.9 Å². The van der Waals surface area contributed by atoms with Gasteiger partial charge in [0.15, 0.2) is 0 Å². The van der Waals surface area contributed by atoms with Crippen molar-refractivity contribution >= 4 is 22.0 Å². The van der Waals surface area contributed by atoms with Crippen molar-refractivity contribution in [3.63, 3.8) is 0 Å². The molecule has 84 valence electrons. The van der Waals surface area contributed by atoms with Gasteiger partial charge >= 0.3 is 6.09 Å². The summed E-state index contributed by atoms with van der Waals surface area (Å²) in [4.78, 5) is 11.2. The summed E-state index contributed by atoms with van der Waals surface area (Å²) in [5.74, 6) is 0.574. The summed E-state index contributed by atoms with van der Waals surface area (Å²) in [6.07, 6.45) is 0.629. The number of amides is 1. The number of ether oxygens (including phenoxy) is 1. The van der Waals surface area contributed by atoms with E-state index in [1.807, 2.05) is 20.8 Å². The van der Waals surface area contributed by atoms with Crippen LogP contribution in [0.1, 0.15) is 34.1 Å². The molecule has 0 aliphatic rings. The zero-order chi connectivity index (χ0) is 11.2. The van der Waals surface area contributed by atoms with E-state index in [1.54, 1.807) is 0 Å². The van der Waals surface area contributed by atoms with Crippen LogP contribution in [0.4, 0.5) is 4.79 Å². The lowest BCUT2D eigenvalue weighted by atomic mass is 10.1. The largest absolute Gasteiger partial charge is 0.444 e. The predicted octanol–water partition coefficient (Wildman–Crippen LogP) is 2.93. The summed E-state index contributed by atoms with van der Waals surface area (Å²) in [5, 5.41) is 3.68. The van der Waals surface area contributed by atoms with Gasteiger partial charge in [-0.05, 0) is 33.1 Å². The number of carbonyl (C=O) groups is 1. The number of rotatable bonds is 4. The molecule has 0 aromatic rings. The first-order valence-corrected chi connectivity index (χ1v) is 6.00. The Morgan fingerprint density at radius 3 is 2.50 bits per heavy atom. The average Bonchev–Trinajstić information content (AvgIpc) is 2.00. The first-order valence-electron chi connectivity index (χ1n) is 4.88. The molecule has 0 saturated heterocycles. The number of nitrogens with one attached hydrogen (secondary N) is 1. The van der Waals surface area contributed by atoms with E-state index in [9.17, 15) is 4.79 Å². The van der Waals surface area contributed by atoms with E-state index in [2.05, 4.69) is 28.2 Å². The Labute approximate surface area is 94.7 Å². The quantitative estimate of drug-likeness (QED) is 0.794. The van der Waals surface area contributed by atoms with Crippen LogP contribution in [0.5, 0.6) is 0 Å². The molecule has 0 aromatic carbocycles. The van der Waals surface area contributed by atoms with Gasteiger partial charge in [0.25, 0.3) is 0 Å². The maximum atomic E-state index is 11.2. The van der Waals surface area contributed by atoms with Crippen molar-refractivity contribution in [1.29, 1.82) is 0 Å². The minimum atomic E-state index is -0.412. The van der Waals surface area contributed by atoms with Crippen molar-refractivity contribution in [3.8, 4) is 0 Å². The maximum absolute atomic E-state index is 11.2. The summed E-state index contributed by atoms with van der Waals surface area (Å²) < 4.78 is 5.09. The number of alkyl halides is 1. The lowest BCUT2D eigenvalue weighted by molar-refractivity contribution is 0.0526. The molecule has 3 nitrogen and oxygen atoms in total. The van der Waals surface area contributed by atoms with Gasteiger partial charge in [-0.2, -0.15) is 0 Å². The standard InChI is InChI=1S/C10H20BrNO2/c1-8(7-11)5-6-12-9(13)14-10(2,3)4/h8H,5-7H2,1-4H3,(H,12,13). The predicted molar refractivity (Wildman–Crippen MR) is 61.8 cm³/mol. The fourth-order valence-electron chi connectivity index (χ4n) is 0.812. The molecule has 0 radical (unpaired) electrons. The second kappa shape index (κ2) is 6.27. The first-order chi connectivity index (χ1) is 6.35. The molecule has 0 fully saturated rings. The van der Waals surface area contributed by atoms with E-state index >= 15 is 0 Å². The number of halogens is 1. The van der Waals surface area contributed by atoms with Crippen LogP contribution in [-0.4, -0.2) is 23.6 Å². The van der Waals surface area contributed by atoms with Crippen LogP contribution in [-0.2, 0) is 4.74 Å². The van der Waals surface area contributed by atoms with Crippen LogP contribution in [0, 0.1) is 5.92 Å². The van der Waals surface area contributed by atoms with Crippen LogP contribution in [0.25, 0.3) is 0 Å². The molecule has 0 aromatic heterocycles. The molecule has 4 heteroatoms. The minimum Gasteiger partial charge on any atom is -0.444 e. The molecule has 1 atom stereocenters. The highest BCUT2D eigenvalue weighted by Gasteiger charge is 2.15. The third-order valence-electron chi connectivity index (χ3n) is 1.57. The number of alkyl carbamates (subject to hydrolysis) is 1. The Morgan fingerprint density at radius 2 is 2.07 bits per heavy atom. The Balaban J connectivity index is 3.55. The van der Waals surface area contributed by atoms with Gasteiger partial charge in [-0.25, -0.2) is 4.79 Å². The number of carbonyl (C=O) groups excluding carboxylic acids is 1. The second-order valence-corrected chi connectivity index (χ2v) is 5.12. The number of hydrogen-bond acceptors (Lipinski definition) is 2. The Kier molecular flexibility index (Phi) is 6.16. The summed E-state index contributed by atoms with van der Waals surface area (Å²) in [6.45, 7) is 8.36. The van der Waals surface area contributed by atoms with Gasteiger partial charge < -0.3 is 10.1 Å². The van der Waals surface area contributed by atoms with E-state index in [4.69, 9.17) is 4.74 Å². The zero-order valence-corrected chi connectivity index (χ0v) is 11.0. The van der Waals surface area contributed by atoms with Gasteiger partial charge in [0, 0.05) is 11.9 Å². The Hall–Kier alpha value is -0.250. The fourth-order valence-corrected chi connectivity index (χ4v) is 1.14. The van der Waals surface area contributed by atoms with Crippen molar-refractivity contribution in [3.05, 3.63) is 0 Å².